The summed E-state index contributed by atoms with van der Waals surface area (Å²) in [6.07, 6.45) is 3.43. The lowest BCUT2D eigenvalue weighted by atomic mass is 10.4. The van der Waals surface area contributed by atoms with Gasteiger partial charge >= 0.3 is 0 Å². The minimum atomic E-state index is 0.533. The Bertz CT molecular complexity index is 436. The molecule has 14 heavy (non-hydrogen) atoms. The Labute approximate surface area is 85.7 Å². The van der Waals surface area contributed by atoms with Crippen LogP contribution >= 0.6 is 9.24 Å². The maximum absolute atomic E-state index is 5.69. The fourth-order valence-electron chi connectivity index (χ4n) is 1.27. The molecule has 1 atom stereocenters. The highest BCUT2D eigenvalue weighted by molar-refractivity contribution is 7.28. The van der Waals surface area contributed by atoms with Crippen molar-refractivity contribution in [1.29, 1.82) is 0 Å². The zero-order chi connectivity index (χ0) is 10.7. The van der Waals surface area contributed by atoms with Gasteiger partial charge in [0.15, 0.2) is 0 Å². The van der Waals surface area contributed by atoms with Crippen LogP contribution < -0.4 is 11.0 Å². The van der Waals surface area contributed by atoms with Crippen molar-refractivity contribution in [3.8, 4) is 0 Å². The molecular weight excluding hydrogens is 195 g/mol. The van der Waals surface area contributed by atoms with Crippen molar-refractivity contribution in [2.75, 3.05) is 5.73 Å². The Morgan fingerprint density at radius 2 is 2.00 bits per heavy atom. The minimum Gasteiger partial charge on any atom is -0.383 e. The minimum absolute atomic E-state index is 0.533. The molecule has 0 spiro atoms. The molecule has 0 aliphatic rings. The molecule has 0 aliphatic heterocycles. The van der Waals surface area contributed by atoms with Crippen LogP contribution in [0, 0.1) is 0 Å². The van der Waals surface area contributed by atoms with E-state index in [9.17, 15) is 0 Å². The van der Waals surface area contributed by atoms with Gasteiger partial charge in [0, 0.05) is 18.5 Å². The third-order valence-electron chi connectivity index (χ3n) is 1.81. The molecule has 0 fully saturated rings. The first-order valence-corrected chi connectivity index (χ1v) is 5.09. The maximum Gasteiger partial charge on any atom is 0.145 e. The second kappa shape index (κ2) is 4.38. The first-order chi connectivity index (χ1) is 6.70. The standard InChI is InChI=1S/C7H9N4P.C2H6/c1-11-2-4(12)5-6(8)9-3-10-7(5)11;1-2/h2-3H,12H2,1H3,(H2,8,9,10);1-2H3. The Hall–Kier alpha value is -1.15. The molecule has 0 aliphatic carbocycles. The van der Waals surface area contributed by atoms with Gasteiger partial charge in [0.2, 0.25) is 0 Å². The molecule has 1 unspecified atom stereocenters. The number of nitrogens with zero attached hydrogens (tertiary/aromatic N) is 3. The van der Waals surface area contributed by atoms with Crippen molar-refractivity contribution >= 4 is 31.4 Å². The molecule has 2 N–H and O–H groups in total. The summed E-state index contributed by atoms with van der Waals surface area (Å²) in [7, 11) is 4.55. The van der Waals surface area contributed by atoms with E-state index in [-0.39, 0.29) is 0 Å². The molecule has 0 saturated carbocycles. The number of aryl methyl sites for hydroxylation is 1. The van der Waals surface area contributed by atoms with Gasteiger partial charge < -0.3 is 10.3 Å². The number of aromatic nitrogens is 3. The lowest BCUT2D eigenvalue weighted by Crippen LogP contribution is -1.96. The normalized spacial score (nSPS) is 9.71. The molecule has 5 heteroatoms. The molecular formula is C9H15N4P. The predicted molar refractivity (Wildman–Crippen MR) is 63.6 cm³/mol. The number of anilines is 1. The summed E-state index contributed by atoms with van der Waals surface area (Å²) >= 11 is 0. The number of nitrogens with two attached hydrogens (primary N) is 1. The van der Waals surface area contributed by atoms with Crippen molar-refractivity contribution < 1.29 is 0 Å². The van der Waals surface area contributed by atoms with Crippen LogP contribution in [-0.4, -0.2) is 14.5 Å². The van der Waals surface area contributed by atoms with Crippen LogP contribution in [0.3, 0.4) is 0 Å². The second-order valence-electron chi connectivity index (χ2n) is 2.65. The summed E-state index contributed by atoms with van der Waals surface area (Å²) in [5, 5.41) is 1.95. The van der Waals surface area contributed by atoms with E-state index in [0.29, 0.717) is 5.82 Å². The van der Waals surface area contributed by atoms with Crippen molar-refractivity contribution in [3.05, 3.63) is 12.5 Å². The van der Waals surface area contributed by atoms with Gasteiger partial charge in [-0.3, -0.25) is 0 Å². The largest absolute Gasteiger partial charge is 0.383 e. The van der Waals surface area contributed by atoms with Gasteiger partial charge in [-0.05, 0) is 0 Å². The third-order valence-corrected chi connectivity index (χ3v) is 2.25. The zero-order valence-electron chi connectivity index (χ0n) is 8.65. The van der Waals surface area contributed by atoms with Crippen LogP contribution in [0.2, 0.25) is 0 Å². The van der Waals surface area contributed by atoms with Gasteiger partial charge in [0.25, 0.3) is 0 Å². The first kappa shape index (κ1) is 10.9. The quantitative estimate of drug-likeness (QED) is 0.662. The molecule has 2 heterocycles. The molecule has 2 aromatic heterocycles. The van der Waals surface area contributed by atoms with Gasteiger partial charge in [0.1, 0.15) is 17.8 Å². The van der Waals surface area contributed by atoms with Crippen LogP contribution in [-0.2, 0) is 7.05 Å². The smallest absolute Gasteiger partial charge is 0.145 e. The summed E-state index contributed by atoms with van der Waals surface area (Å²) in [6, 6.07) is 0. The van der Waals surface area contributed by atoms with Crippen LogP contribution in [0.5, 0.6) is 0 Å². The van der Waals surface area contributed by atoms with E-state index in [0.717, 1.165) is 16.3 Å². The summed E-state index contributed by atoms with van der Waals surface area (Å²) < 4.78 is 1.93. The van der Waals surface area contributed by atoms with E-state index in [2.05, 4.69) is 19.2 Å². The van der Waals surface area contributed by atoms with E-state index >= 15 is 0 Å². The Balaban J connectivity index is 0.000000461. The number of nitrogen functional groups attached to an aromatic ring is 1. The van der Waals surface area contributed by atoms with Crippen molar-refractivity contribution in [1.82, 2.24) is 14.5 Å². The Kier molecular flexibility index (Phi) is 3.42. The maximum atomic E-state index is 5.69. The monoisotopic (exact) mass is 210 g/mol. The first-order valence-electron chi connectivity index (χ1n) is 4.51. The fraction of sp³-hybridized carbons (Fsp3) is 0.333. The van der Waals surface area contributed by atoms with E-state index in [1.54, 1.807) is 0 Å². The van der Waals surface area contributed by atoms with Crippen LogP contribution in [0.4, 0.5) is 5.82 Å². The number of rotatable bonds is 0. The Morgan fingerprint density at radius 1 is 1.36 bits per heavy atom. The van der Waals surface area contributed by atoms with Gasteiger partial charge in [-0.2, -0.15) is 0 Å². The van der Waals surface area contributed by atoms with Crippen LogP contribution in [0.25, 0.3) is 11.0 Å². The molecule has 0 saturated heterocycles. The summed E-state index contributed by atoms with van der Waals surface area (Å²) in [5.74, 6) is 0.533. The zero-order valence-corrected chi connectivity index (χ0v) is 9.81. The van der Waals surface area contributed by atoms with Crippen molar-refractivity contribution in [2.24, 2.45) is 7.05 Å². The second-order valence-corrected chi connectivity index (χ2v) is 3.27. The molecule has 2 aromatic rings. The van der Waals surface area contributed by atoms with E-state index in [1.807, 2.05) is 31.7 Å². The van der Waals surface area contributed by atoms with Gasteiger partial charge in [0.05, 0.1) is 5.39 Å². The Morgan fingerprint density at radius 3 is 2.57 bits per heavy atom. The number of hydrogen-bond donors (Lipinski definition) is 1. The molecule has 0 bridgehead atoms. The number of hydrogen-bond acceptors (Lipinski definition) is 3. The highest BCUT2D eigenvalue weighted by Gasteiger charge is 2.07. The van der Waals surface area contributed by atoms with Crippen molar-refractivity contribution in [2.45, 2.75) is 13.8 Å². The van der Waals surface area contributed by atoms with Gasteiger partial charge in [-0.25, -0.2) is 9.97 Å². The fourth-order valence-corrected chi connectivity index (χ4v) is 1.77. The molecule has 4 nitrogen and oxygen atoms in total. The van der Waals surface area contributed by atoms with Crippen molar-refractivity contribution in [3.63, 3.8) is 0 Å². The highest BCUT2D eigenvalue weighted by atomic mass is 31.0. The molecule has 2 rings (SSSR count). The van der Waals surface area contributed by atoms with Crippen LogP contribution in [0.1, 0.15) is 13.8 Å². The SMILES string of the molecule is CC.Cn1cc(P)c2c(N)ncnc21. The van der Waals surface area contributed by atoms with E-state index in [4.69, 9.17) is 5.73 Å². The lowest BCUT2D eigenvalue weighted by molar-refractivity contribution is 0.946. The third kappa shape index (κ3) is 1.70. The van der Waals surface area contributed by atoms with Gasteiger partial charge in [-0.1, -0.05) is 13.8 Å². The van der Waals surface area contributed by atoms with Crippen LogP contribution in [0.15, 0.2) is 12.5 Å². The van der Waals surface area contributed by atoms with E-state index in [1.165, 1.54) is 6.33 Å². The summed E-state index contributed by atoms with van der Waals surface area (Å²) in [5.41, 5.74) is 6.56. The average molecular weight is 210 g/mol. The lowest BCUT2D eigenvalue weighted by Gasteiger charge is -1.95. The highest BCUT2D eigenvalue weighted by Crippen LogP contribution is 2.16. The predicted octanol–water partition coefficient (Wildman–Crippen LogP) is 1.08. The molecule has 0 aromatic carbocycles. The average Bonchev–Trinajstić information content (AvgIpc) is 2.47. The molecule has 0 amide bonds. The molecule has 76 valence electrons. The van der Waals surface area contributed by atoms with E-state index < -0.39 is 0 Å². The summed E-state index contributed by atoms with van der Waals surface area (Å²) in [6.45, 7) is 4.00. The molecule has 0 radical (unpaired) electrons. The topological polar surface area (TPSA) is 56.7 Å². The summed E-state index contributed by atoms with van der Waals surface area (Å²) in [4.78, 5) is 8.04. The number of fused-ring (bicyclic) bond motifs is 1. The van der Waals surface area contributed by atoms with Gasteiger partial charge in [-0.15, -0.1) is 9.24 Å².